The van der Waals surface area contributed by atoms with Gasteiger partial charge >= 0.3 is 5.97 Å². The molecule has 0 saturated carbocycles. The smallest absolute Gasteiger partial charge is 0.337 e. The second-order valence-electron chi connectivity index (χ2n) is 5.80. The van der Waals surface area contributed by atoms with Crippen LogP contribution in [0.5, 0.6) is 0 Å². The molecule has 1 saturated heterocycles. The van der Waals surface area contributed by atoms with Crippen molar-refractivity contribution in [1.29, 1.82) is 0 Å². The quantitative estimate of drug-likeness (QED) is 0.696. The minimum atomic E-state index is -3.73. The van der Waals surface area contributed by atoms with Crippen molar-refractivity contribution < 1.29 is 23.1 Å². The summed E-state index contributed by atoms with van der Waals surface area (Å²) >= 11 is 0. The highest BCUT2D eigenvalue weighted by Crippen LogP contribution is 2.22. The highest BCUT2D eigenvalue weighted by Gasteiger charge is 2.21. The monoisotopic (exact) mass is 342 g/mol. The summed E-state index contributed by atoms with van der Waals surface area (Å²) in [5.74, 6) is -1.18. The standard InChI is InChI=1S/C15H22N2O5S/c1-10(2)17-23(20,21)12-5-6-14(13(8-12)15(18)19)16-9-11-4-3-7-22-11/h5-6,8,10-11,16-17H,3-4,7,9H2,1-2H3,(H,18,19). The van der Waals surface area contributed by atoms with E-state index in [0.717, 1.165) is 19.4 Å². The van der Waals surface area contributed by atoms with Crippen LogP contribution in [0.15, 0.2) is 23.1 Å². The van der Waals surface area contributed by atoms with Crippen LogP contribution in [0, 0.1) is 0 Å². The van der Waals surface area contributed by atoms with E-state index in [1.165, 1.54) is 18.2 Å². The second-order valence-corrected chi connectivity index (χ2v) is 7.52. The molecule has 1 heterocycles. The van der Waals surface area contributed by atoms with E-state index in [4.69, 9.17) is 4.74 Å². The van der Waals surface area contributed by atoms with E-state index in [2.05, 4.69) is 10.0 Å². The normalized spacial score (nSPS) is 18.3. The van der Waals surface area contributed by atoms with Gasteiger partial charge < -0.3 is 15.2 Å². The Hall–Kier alpha value is -1.64. The fraction of sp³-hybridized carbons (Fsp3) is 0.533. The molecule has 1 unspecified atom stereocenters. The molecule has 7 nitrogen and oxygen atoms in total. The number of rotatable bonds is 7. The van der Waals surface area contributed by atoms with Crippen molar-refractivity contribution in [1.82, 2.24) is 4.72 Å². The van der Waals surface area contributed by atoms with E-state index in [1.54, 1.807) is 13.8 Å². The summed E-state index contributed by atoms with van der Waals surface area (Å²) in [5, 5.41) is 12.4. The first-order chi connectivity index (χ1) is 10.8. The predicted octanol–water partition coefficient (Wildman–Crippen LogP) is 1.66. The largest absolute Gasteiger partial charge is 0.478 e. The van der Waals surface area contributed by atoms with Crippen molar-refractivity contribution in [2.45, 2.75) is 43.7 Å². The highest BCUT2D eigenvalue weighted by molar-refractivity contribution is 7.89. The van der Waals surface area contributed by atoms with Gasteiger partial charge in [-0.2, -0.15) is 0 Å². The van der Waals surface area contributed by atoms with Gasteiger partial charge in [0.05, 0.1) is 16.6 Å². The molecule has 0 spiro atoms. The van der Waals surface area contributed by atoms with Gasteiger partial charge in [-0.3, -0.25) is 0 Å². The van der Waals surface area contributed by atoms with Gasteiger partial charge in [0.2, 0.25) is 10.0 Å². The first-order valence-electron chi connectivity index (χ1n) is 7.55. The van der Waals surface area contributed by atoms with Crippen molar-refractivity contribution >= 4 is 21.7 Å². The van der Waals surface area contributed by atoms with Crippen molar-refractivity contribution in [2.75, 3.05) is 18.5 Å². The Labute approximate surface area is 136 Å². The van der Waals surface area contributed by atoms with Gasteiger partial charge in [0, 0.05) is 24.9 Å². The van der Waals surface area contributed by atoms with Gasteiger partial charge in [0.1, 0.15) is 0 Å². The molecule has 1 aliphatic heterocycles. The number of nitrogens with one attached hydrogen (secondary N) is 2. The minimum absolute atomic E-state index is 0.0580. The SMILES string of the molecule is CC(C)NS(=O)(=O)c1ccc(NCC2CCCO2)c(C(=O)O)c1. The third-order valence-corrected chi connectivity index (χ3v) is 5.12. The highest BCUT2D eigenvalue weighted by atomic mass is 32.2. The van der Waals surface area contributed by atoms with Gasteiger partial charge in [0.15, 0.2) is 0 Å². The summed E-state index contributed by atoms with van der Waals surface area (Å²) in [6.07, 6.45) is 1.98. The van der Waals surface area contributed by atoms with Gasteiger partial charge in [0.25, 0.3) is 0 Å². The van der Waals surface area contributed by atoms with Crippen LogP contribution in [0.25, 0.3) is 0 Å². The molecule has 1 aliphatic rings. The molecule has 1 atom stereocenters. The zero-order chi connectivity index (χ0) is 17.0. The van der Waals surface area contributed by atoms with Gasteiger partial charge in [-0.15, -0.1) is 0 Å². The molecule has 0 aromatic heterocycles. The Kier molecular flexibility index (Phi) is 5.61. The lowest BCUT2D eigenvalue weighted by molar-refractivity contribution is 0.0697. The van der Waals surface area contributed by atoms with Crippen LogP contribution in [0.2, 0.25) is 0 Å². The summed E-state index contributed by atoms with van der Waals surface area (Å²) in [5.41, 5.74) is 0.311. The number of aromatic carboxylic acids is 1. The maximum absolute atomic E-state index is 12.2. The molecule has 0 bridgehead atoms. The Bertz CT molecular complexity index is 666. The lowest BCUT2D eigenvalue weighted by atomic mass is 10.1. The third-order valence-electron chi connectivity index (χ3n) is 3.47. The Morgan fingerprint density at radius 3 is 2.74 bits per heavy atom. The summed E-state index contributed by atoms with van der Waals surface area (Å²) in [7, 11) is -3.73. The summed E-state index contributed by atoms with van der Waals surface area (Å²) in [6, 6.07) is 3.78. The fourth-order valence-corrected chi connectivity index (χ4v) is 3.71. The third kappa shape index (κ3) is 4.66. The van der Waals surface area contributed by atoms with Crippen LogP contribution in [0.1, 0.15) is 37.0 Å². The lowest BCUT2D eigenvalue weighted by Crippen LogP contribution is -2.30. The molecule has 8 heteroatoms. The number of hydrogen-bond donors (Lipinski definition) is 3. The van der Waals surface area contributed by atoms with Gasteiger partial charge in [-0.1, -0.05) is 0 Å². The average Bonchev–Trinajstić information content (AvgIpc) is 2.96. The molecule has 23 heavy (non-hydrogen) atoms. The van der Waals surface area contributed by atoms with Crippen molar-refractivity contribution in [2.24, 2.45) is 0 Å². The zero-order valence-electron chi connectivity index (χ0n) is 13.2. The first kappa shape index (κ1) is 17.7. The molecule has 3 N–H and O–H groups in total. The fourth-order valence-electron chi connectivity index (χ4n) is 2.43. The molecule has 128 valence electrons. The van der Waals surface area contributed by atoms with E-state index in [0.29, 0.717) is 12.2 Å². The number of ether oxygens (including phenoxy) is 1. The molecule has 2 rings (SSSR count). The average molecular weight is 342 g/mol. The van der Waals surface area contributed by atoms with Crippen molar-refractivity contribution in [3.63, 3.8) is 0 Å². The van der Waals surface area contributed by atoms with Crippen LogP contribution in [-0.2, 0) is 14.8 Å². The van der Waals surface area contributed by atoms with E-state index in [1.807, 2.05) is 0 Å². The number of sulfonamides is 1. The maximum atomic E-state index is 12.2. The van der Waals surface area contributed by atoms with Gasteiger partial charge in [-0.25, -0.2) is 17.9 Å². The molecule has 0 radical (unpaired) electrons. The summed E-state index contributed by atoms with van der Waals surface area (Å²) in [6.45, 7) is 4.62. The molecule has 1 aromatic rings. The number of anilines is 1. The van der Waals surface area contributed by atoms with Crippen LogP contribution >= 0.6 is 0 Å². The molecular weight excluding hydrogens is 320 g/mol. The van der Waals surface area contributed by atoms with Gasteiger partial charge in [-0.05, 0) is 44.9 Å². The molecule has 1 aromatic carbocycles. The molecular formula is C15H22N2O5S. The zero-order valence-corrected chi connectivity index (χ0v) is 14.0. The van der Waals surface area contributed by atoms with Crippen molar-refractivity contribution in [3.8, 4) is 0 Å². The van der Waals surface area contributed by atoms with Crippen LogP contribution in [0.4, 0.5) is 5.69 Å². The number of carboxylic acid groups (broad SMARTS) is 1. The van der Waals surface area contributed by atoms with E-state index >= 15 is 0 Å². The van der Waals surface area contributed by atoms with E-state index in [9.17, 15) is 18.3 Å². The number of carbonyl (C=O) groups is 1. The van der Waals surface area contributed by atoms with Crippen LogP contribution < -0.4 is 10.0 Å². The van der Waals surface area contributed by atoms with Crippen LogP contribution in [0.3, 0.4) is 0 Å². The number of benzene rings is 1. The van der Waals surface area contributed by atoms with E-state index < -0.39 is 16.0 Å². The maximum Gasteiger partial charge on any atom is 0.337 e. The Balaban J connectivity index is 2.22. The van der Waals surface area contributed by atoms with E-state index in [-0.39, 0.29) is 22.6 Å². The number of hydrogen-bond acceptors (Lipinski definition) is 5. The predicted molar refractivity (Wildman–Crippen MR) is 86.3 cm³/mol. The minimum Gasteiger partial charge on any atom is -0.478 e. The second kappa shape index (κ2) is 7.29. The number of carboxylic acids is 1. The molecule has 0 aliphatic carbocycles. The summed E-state index contributed by atoms with van der Waals surface area (Å²) in [4.78, 5) is 11.4. The molecule has 0 amide bonds. The Morgan fingerprint density at radius 1 is 1.43 bits per heavy atom. The summed E-state index contributed by atoms with van der Waals surface area (Å²) < 4.78 is 32.2. The molecule has 1 fully saturated rings. The van der Waals surface area contributed by atoms with Crippen LogP contribution in [-0.4, -0.2) is 44.8 Å². The van der Waals surface area contributed by atoms with Crippen molar-refractivity contribution in [3.05, 3.63) is 23.8 Å². The Morgan fingerprint density at radius 2 is 2.17 bits per heavy atom. The lowest BCUT2D eigenvalue weighted by Gasteiger charge is -2.15. The first-order valence-corrected chi connectivity index (χ1v) is 9.03. The topological polar surface area (TPSA) is 105 Å².